The van der Waals surface area contributed by atoms with E-state index in [1.165, 1.54) is 16.4 Å². The topological polar surface area (TPSA) is 67.2 Å². The summed E-state index contributed by atoms with van der Waals surface area (Å²) in [7, 11) is 0. The van der Waals surface area contributed by atoms with E-state index in [9.17, 15) is 9.18 Å². The molecule has 0 bridgehead atoms. The van der Waals surface area contributed by atoms with E-state index < -0.39 is 0 Å². The number of nitrogens with zero attached hydrogens (tertiary/aromatic N) is 6. The predicted octanol–water partition coefficient (Wildman–Crippen LogP) is 2.95. The molecule has 0 radical (unpaired) electrons. The van der Waals surface area contributed by atoms with Gasteiger partial charge in [0.15, 0.2) is 0 Å². The average Bonchev–Trinajstić information content (AvgIpc) is 3.23. The molecule has 0 N–H and O–H groups in total. The summed E-state index contributed by atoms with van der Waals surface area (Å²) in [5.41, 5.74) is 2.70. The van der Waals surface area contributed by atoms with E-state index in [0.29, 0.717) is 43.6 Å². The summed E-state index contributed by atoms with van der Waals surface area (Å²) >= 11 is 0. The van der Waals surface area contributed by atoms with Crippen molar-refractivity contribution in [1.29, 1.82) is 0 Å². The van der Waals surface area contributed by atoms with Gasteiger partial charge in [0.1, 0.15) is 12.4 Å². The Hall–Kier alpha value is -3.29. The van der Waals surface area contributed by atoms with Gasteiger partial charge in [-0.1, -0.05) is 50.2 Å². The monoisotopic (exact) mass is 408 g/mol. The maximum atomic E-state index is 14.0. The molecule has 7 nitrogen and oxygen atoms in total. The molecule has 1 aliphatic rings. The quantitative estimate of drug-likeness (QED) is 0.649. The van der Waals surface area contributed by atoms with E-state index in [-0.39, 0.29) is 18.3 Å². The smallest absolute Gasteiger partial charge is 0.246 e. The summed E-state index contributed by atoms with van der Waals surface area (Å²) in [6.45, 7) is 6.57. The lowest BCUT2D eigenvalue weighted by molar-refractivity contribution is -0.132. The van der Waals surface area contributed by atoms with Gasteiger partial charge in [-0.15, -0.1) is 10.2 Å². The molecule has 2 heterocycles. The highest BCUT2D eigenvalue weighted by atomic mass is 19.1. The minimum atomic E-state index is -0.238. The first kappa shape index (κ1) is 20.0. The standard InChI is InChI=1S/C22H25FN6O/c1-16(2)17-7-9-18(10-8-17)22-24-26-29(25-22)15-21(30)28-13-11-27(12-14-28)20-6-4-3-5-19(20)23/h3-10,16H,11-15H2,1-2H3. The molecule has 0 spiro atoms. The van der Waals surface area contributed by atoms with Crippen LogP contribution in [0.4, 0.5) is 10.1 Å². The van der Waals surface area contributed by atoms with Gasteiger partial charge in [-0.25, -0.2) is 4.39 Å². The Morgan fingerprint density at radius 2 is 1.73 bits per heavy atom. The number of benzene rings is 2. The van der Waals surface area contributed by atoms with Gasteiger partial charge >= 0.3 is 0 Å². The van der Waals surface area contributed by atoms with Crippen molar-refractivity contribution >= 4 is 11.6 Å². The molecular formula is C22H25FN6O. The van der Waals surface area contributed by atoms with Crippen LogP contribution in [0.25, 0.3) is 11.4 Å². The number of aromatic nitrogens is 4. The molecule has 30 heavy (non-hydrogen) atoms. The van der Waals surface area contributed by atoms with Crippen molar-refractivity contribution in [2.24, 2.45) is 0 Å². The zero-order valence-corrected chi connectivity index (χ0v) is 17.2. The lowest BCUT2D eigenvalue weighted by Gasteiger charge is -2.36. The third kappa shape index (κ3) is 4.32. The number of carbonyl (C=O) groups is 1. The van der Waals surface area contributed by atoms with Crippen LogP contribution in [0.3, 0.4) is 0 Å². The highest BCUT2D eigenvalue weighted by Crippen LogP contribution is 2.21. The number of halogens is 1. The second kappa shape index (κ2) is 8.61. The van der Waals surface area contributed by atoms with Crippen molar-refractivity contribution in [2.75, 3.05) is 31.1 Å². The molecule has 1 saturated heterocycles. The molecule has 1 fully saturated rings. The van der Waals surface area contributed by atoms with Gasteiger partial charge in [-0.2, -0.15) is 4.80 Å². The molecule has 8 heteroatoms. The minimum Gasteiger partial charge on any atom is -0.366 e. The number of hydrogen-bond acceptors (Lipinski definition) is 5. The van der Waals surface area contributed by atoms with Gasteiger partial charge in [0.05, 0.1) is 5.69 Å². The van der Waals surface area contributed by atoms with Crippen LogP contribution in [0.15, 0.2) is 48.5 Å². The van der Waals surface area contributed by atoms with Crippen LogP contribution in [-0.2, 0) is 11.3 Å². The normalized spacial score (nSPS) is 14.4. The Morgan fingerprint density at radius 3 is 2.40 bits per heavy atom. The first-order valence-corrected chi connectivity index (χ1v) is 10.2. The zero-order valence-electron chi connectivity index (χ0n) is 17.2. The van der Waals surface area contributed by atoms with Gasteiger partial charge in [0.2, 0.25) is 11.7 Å². The number of para-hydroxylation sites is 1. The molecule has 1 aliphatic heterocycles. The van der Waals surface area contributed by atoms with Gasteiger partial charge < -0.3 is 9.80 Å². The SMILES string of the molecule is CC(C)c1ccc(-c2nnn(CC(=O)N3CCN(c4ccccc4F)CC3)n2)cc1. The predicted molar refractivity (Wildman–Crippen MR) is 113 cm³/mol. The molecule has 0 saturated carbocycles. The summed E-state index contributed by atoms with van der Waals surface area (Å²) in [5, 5.41) is 12.5. The van der Waals surface area contributed by atoms with Crippen LogP contribution in [0.2, 0.25) is 0 Å². The zero-order chi connectivity index (χ0) is 21.1. The second-order valence-corrected chi connectivity index (χ2v) is 7.74. The number of carbonyl (C=O) groups excluding carboxylic acids is 1. The first-order chi connectivity index (χ1) is 14.5. The summed E-state index contributed by atoms with van der Waals surface area (Å²) in [5.74, 6) is 0.655. The Kier molecular flexibility index (Phi) is 5.74. The van der Waals surface area contributed by atoms with Crippen molar-refractivity contribution in [1.82, 2.24) is 25.1 Å². The fourth-order valence-electron chi connectivity index (χ4n) is 3.57. The molecule has 2 aromatic carbocycles. The molecule has 1 aromatic heterocycles. The number of hydrogen-bond donors (Lipinski definition) is 0. The van der Waals surface area contributed by atoms with E-state index in [1.54, 1.807) is 17.0 Å². The molecule has 1 amide bonds. The minimum absolute atomic E-state index is 0.0385. The summed E-state index contributed by atoms with van der Waals surface area (Å²) in [6.07, 6.45) is 0. The van der Waals surface area contributed by atoms with Gasteiger partial charge in [0, 0.05) is 31.7 Å². The third-order valence-corrected chi connectivity index (χ3v) is 5.39. The number of rotatable bonds is 5. The van der Waals surface area contributed by atoms with Crippen LogP contribution in [-0.4, -0.2) is 57.2 Å². The van der Waals surface area contributed by atoms with E-state index in [2.05, 4.69) is 41.4 Å². The van der Waals surface area contributed by atoms with Crippen LogP contribution >= 0.6 is 0 Å². The average molecular weight is 408 g/mol. The molecule has 0 atom stereocenters. The third-order valence-electron chi connectivity index (χ3n) is 5.39. The Balaban J connectivity index is 1.34. The maximum Gasteiger partial charge on any atom is 0.246 e. The Bertz CT molecular complexity index is 1010. The Morgan fingerprint density at radius 1 is 1.03 bits per heavy atom. The number of amides is 1. The lowest BCUT2D eigenvalue weighted by Crippen LogP contribution is -2.50. The molecule has 3 aromatic rings. The number of anilines is 1. The first-order valence-electron chi connectivity index (χ1n) is 10.2. The number of piperazine rings is 1. The Labute approximate surface area is 175 Å². The van der Waals surface area contributed by atoms with Crippen LogP contribution in [0, 0.1) is 5.82 Å². The molecule has 0 aliphatic carbocycles. The summed E-state index contributed by atoms with van der Waals surface area (Å²) in [6, 6.07) is 14.8. The van der Waals surface area contributed by atoms with Crippen molar-refractivity contribution in [3.63, 3.8) is 0 Å². The van der Waals surface area contributed by atoms with Gasteiger partial charge in [0.25, 0.3) is 0 Å². The summed E-state index contributed by atoms with van der Waals surface area (Å²) in [4.78, 5) is 17.7. The number of tetrazole rings is 1. The van der Waals surface area contributed by atoms with Gasteiger partial charge in [-0.3, -0.25) is 4.79 Å². The van der Waals surface area contributed by atoms with Crippen molar-refractivity contribution in [2.45, 2.75) is 26.3 Å². The van der Waals surface area contributed by atoms with Crippen molar-refractivity contribution in [3.8, 4) is 11.4 Å². The van der Waals surface area contributed by atoms with Gasteiger partial charge in [-0.05, 0) is 28.8 Å². The van der Waals surface area contributed by atoms with E-state index in [1.807, 2.05) is 23.1 Å². The molecule has 0 unspecified atom stereocenters. The maximum absolute atomic E-state index is 14.0. The largest absolute Gasteiger partial charge is 0.366 e. The van der Waals surface area contributed by atoms with Crippen LogP contribution in [0.1, 0.15) is 25.3 Å². The molecule has 156 valence electrons. The fraction of sp³-hybridized carbons (Fsp3) is 0.364. The molecular weight excluding hydrogens is 383 g/mol. The lowest BCUT2D eigenvalue weighted by atomic mass is 10.0. The van der Waals surface area contributed by atoms with Crippen LogP contribution < -0.4 is 4.90 Å². The second-order valence-electron chi connectivity index (χ2n) is 7.74. The van der Waals surface area contributed by atoms with E-state index in [4.69, 9.17) is 0 Å². The van der Waals surface area contributed by atoms with Crippen molar-refractivity contribution in [3.05, 3.63) is 59.9 Å². The fourth-order valence-corrected chi connectivity index (χ4v) is 3.57. The van der Waals surface area contributed by atoms with Crippen molar-refractivity contribution < 1.29 is 9.18 Å². The molecule has 4 rings (SSSR count). The summed E-state index contributed by atoms with van der Waals surface area (Å²) < 4.78 is 14.0. The highest BCUT2D eigenvalue weighted by molar-refractivity contribution is 5.76. The van der Waals surface area contributed by atoms with E-state index >= 15 is 0 Å². The van der Waals surface area contributed by atoms with E-state index in [0.717, 1.165) is 5.56 Å². The van der Waals surface area contributed by atoms with Crippen LogP contribution in [0.5, 0.6) is 0 Å². The highest BCUT2D eigenvalue weighted by Gasteiger charge is 2.23.